The molecule has 29 heavy (non-hydrogen) atoms. The zero-order valence-corrected chi connectivity index (χ0v) is 17.7. The van der Waals surface area contributed by atoms with Crippen molar-refractivity contribution >= 4 is 21.6 Å². The predicted molar refractivity (Wildman–Crippen MR) is 112 cm³/mol. The van der Waals surface area contributed by atoms with Gasteiger partial charge in [-0.2, -0.15) is 0 Å². The topological polar surface area (TPSA) is 69.7 Å². The molecule has 0 radical (unpaired) electrons. The van der Waals surface area contributed by atoms with Crippen LogP contribution in [0.4, 0.5) is 10.1 Å². The number of carbonyl (C=O) groups is 1. The number of likely N-dealkylation sites (N-methyl/N-ethyl adjacent to an activating group) is 1. The Labute approximate surface area is 171 Å². The molecule has 2 aromatic rings. The molecule has 0 saturated carbocycles. The van der Waals surface area contributed by atoms with Gasteiger partial charge in [0.05, 0.1) is 11.4 Å². The first-order valence-electron chi connectivity index (χ1n) is 9.46. The maximum atomic E-state index is 13.3. The molecular formula is C21H26FN3O3S. The summed E-state index contributed by atoms with van der Waals surface area (Å²) in [6.45, 7) is 2.13. The number of anilines is 1. The predicted octanol–water partition coefficient (Wildman–Crippen LogP) is 2.11. The number of fused-ring (bicyclic) bond motifs is 1. The molecule has 6 nitrogen and oxygen atoms in total. The van der Waals surface area contributed by atoms with Crippen LogP contribution in [0, 0.1) is 5.82 Å². The monoisotopic (exact) mass is 419 g/mol. The van der Waals surface area contributed by atoms with Gasteiger partial charge < -0.3 is 5.32 Å². The zero-order chi connectivity index (χ0) is 21.2. The molecule has 0 aliphatic carbocycles. The van der Waals surface area contributed by atoms with Gasteiger partial charge >= 0.3 is 0 Å². The zero-order valence-electron chi connectivity index (χ0n) is 16.9. The molecule has 1 heterocycles. The Balaban J connectivity index is 1.69. The lowest BCUT2D eigenvalue weighted by molar-refractivity contribution is -0.131. The van der Waals surface area contributed by atoms with Crippen molar-refractivity contribution in [2.45, 2.75) is 18.9 Å². The number of hydrogen-bond acceptors (Lipinski definition) is 4. The van der Waals surface area contributed by atoms with Crippen molar-refractivity contribution in [2.75, 3.05) is 37.2 Å². The summed E-state index contributed by atoms with van der Waals surface area (Å²) in [5, 5.41) is 2.74. The van der Waals surface area contributed by atoms with Crippen LogP contribution in [0.2, 0.25) is 0 Å². The van der Waals surface area contributed by atoms with E-state index in [-0.39, 0.29) is 24.0 Å². The highest BCUT2D eigenvalue weighted by Gasteiger charge is 2.38. The number of amides is 1. The summed E-state index contributed by atoms with van der Waals surface area (Å²) in [6, 6.07) is 13.2. The Morgan fingerprint density at radius 3 is 2.48 bits per heavy atom. The van der Waals surface area contributed by atoms with Gasteiger partial charge in [0.1, 0.15) is 11.4 Å². The smallest absolute Gasteiger partial charge is 0.244 e. The van der Waals surface area contributed by atoms with E-state index in [2.05, 4.69) is 5.32 Å². The van der Waals surface area contributed by atoms with E-state index in [0.717, 1.165) is 5.56 Å². The third-order valence-electron chi connectivity index (χ3n) is 5.57. The highest BCUT2D eigenvalue weighted by atomic mass is 32.2. The van der Waals surface area contributed by atoms with Gasteiger partial charge in [0.15, 0.2) is 0 Å². The second kappa shape index (κ2) is 8.12. The van der Waals surface area contributed by atoms with Crippen LogP contribution in [-0.4, -0.2) is 52.2 Å². The number of sulfonamides is 1. The molecule has 8 heteroatoms. The van der Waals surface area contributed by atoms with Gasteiger partial charge in [0.2, 0.25) is 15.9 Å². The Bertz CT molecular complexity index is 992. The summed E-state index contributed by atoms with van der Waals surface area (Å²) in [4.78, 5) is 14.7. The SMILES string of the molecule is CN(C)C(C)(C(=O)NCCS(=O)(=O)N1CCc2ccccc21)c1ccc(F)cc1. The molecule has 1 unspecified atom stereocenters. The average molecular weight is 420 g/mol. The van der Waals surface area contributed by atoms with Gasteiger partial charge in [-0.1, -0.05) is 30.3 Å². The normalized spacial score (nSPS) is 15.8. The summed E-state index contributed by atoms with van der Waals surface area (Å²) < 4.78 is 40.3. The Morgan fingerprint density at radius 2 is 1.83 bits per heavy atom. The van der Waals surface area contributed by atoms with Crippen LogP contribution < -0.4 is 9.62 Å². The van der Waals surface area contributed by atoms with Crippen molar-refractivity contribution in [3.63, 3.8) is 0 Å². The minimum Gasteiger partial charge on any atom is -0.353 e. The van der Waals surface area contributed by atoms with E-state index in [9.17, 15) is 17.6 Å². The molecule has 3 rings (SSSR count). The van der Waals surface area contributed by atoms with Gasteiger partial charge in [-0.15, -0.1) is 0 Å². The molecule has 0 spiro atoms. The highest BCUT2D eigenvalue weighted by Crippen LogP contribution is 2.30. The second-order valence-corrected chi connectivity index (χ2v) is 9.51. The number of benzene rings is 2. The molecule has 2 aromatic carbocycles. The van der Waals surface area contributed by atoms with Crippen LogP contribution in [0.15, 0.2) is 48.5 Å². The summed E-state index contributed by atoms with van der Waals surface area (Å²) in [5.74, 6) is -0.918. The lowest BCUT2D eigenvalue weighted by Gasteiger charge is -2.35. The van der Waals surface area contributed by atoms with Crippen molar-refractivity contribution in [3.8, 4) is 0 Å². The fourth-order valence-electron chi connectivity index (χ4n) is 3.54. The first-order chi connectivity index (χ1) is 13.7. The Hall–Kier alpha value is -2.45. The largest absolute Gasteiger partial charge is 0.353 e. The fourth-order valence-corrected chi connectivity index (χ4v) is 4.97. The van der Waals surface area contributed by atoms with Crippen LogP contribution in [-0.2, 0) is 26.8 Å². The Morgan fingerprint density at radius 1 is 1.17 bits per heavy atom. The van der Waals surface area contributed by atoms with E-state index in [1.807, 2.05) is 18.2 Å². The molecule has 1 N–H and O–H groups in total. The van der Waals surface area contributed by atoms with Gasteiger partial charge in [-0.25, -0.2) is 12.8 Å². The van der Waals surface area contributed by atoms with Crippen LogP contribution in [0.25, 0.3) is 0 Å². The minimum atomic E-state index is -3.55. The molecular weight excluding hydrogens is 393 g/mol. The van der Waals surface area contributed by atoms with Crippen molar-refractivity contribution in [3.05, 3.63) is 65.5 Å². The van der Waals surface area contributed by atoms with Gasteiger partial charge in [0.25, 0.3) is 0 Å². The number of carbonyl (C=O) groups excluding carboxylic acids is 1. The average Bonchev–Trinajstić information content (AvgIpc) is 3.12. The van der Waals surface area contributed by atoms with Crippen molar-refractivity contribution in [1.82, 2.24) is 10.2 Å². The summed E-state index contributed by atoms with van der Waals surface area (Å²) in [7, 11) is -0.0480. The van der Waals surface area contributed by atoms with Crippen molar-refractivity contribution in [1.29, 1.82) is 0 Å². The van der Waals surface area contributed by atoms with Crippen LogP contribution in [0.5, 0.6) is 0 Å². The van der Waals surface area contributed by atoms with Gasteiger partial charge in [-0.05, 0) is 56.8 Å². The molecule has 0 bridgehead atoms. The van der Waals surface area contributed by atoms with Gasteiger partial charge in [-0.3, -0.25) is 14.0 Å². The lowest BCUT2D eigenvalue weighted by atomic mass is 9.89. The van der Waals surface area contributed by atoms with Crippen LogP contribution in [0.1, 0.15) is 18.1 Å². The lowest BCUT2D eigenvalue weighted by Crippen LogP contribution is -2.52. The fraction of sp³-hybridized carbons (Fsp3) is 0.381. The quantitative estimate of drug-likeness (QED) is 0.746. The number of rotatable bonds is 7. The highest BCUT2D eigenvalue weighted by molar-refractivity contribution is 7.92. The second-order valence-electron chi connectivity index (χ2n) is 7.50. The number of hydrogen-bond donors (Lipinski definition) is 1. The van der Waals surface area contributed by atoms with Crippen LogP contribution in [0.3, 0.4) is 0 Å². The molecule has 1 aliphatic heterocycles. The molecule has 1 amide bonds. The molecule has 0 fully saturated rings. The molecule has 156 valence electrons. The van der Waals surface area contributed by atoms with E-state index in [1.165, 1.54) is 16.4 Å². The van der Waals surface area contributed by atoms with Crippen LogP contribution >= 0.6 is 0 Å². The number of nitrogens with zero attached hydrogens (tertiary/aromatic N) is 2. The first-order valence-corrected chi connectivity index (χ1v) is 11.1. The third-order valence-corrected chi connectivity index (χ3v) is 7.34. The van der Waals surface area contributed by atoms with Gasteiger partial charge in [0, 0.05) is 13.1 Å². The summed E-state index contributed by atoms with van der Waals surface area (Å²) in [5.41, 5.74) is 1.29. The molecule has 0 aromatic heterocycles. The van der Waals surface area contributed by atoms with E-state index in [4.69, 9.17) is 0 Å². The van der Waals surface area contributed by atoms with Crippen molar-refractivity contribution in [2.24, 2.45) is 0 Å². The van der Waals surface area contributed by atoms with E-state index >= 15 is 0 Å². The number of halogens is 1. The minimum absolute atomic E-state index is 0.00947. The molecule has 1 atom stereocenters. The maximum Gasteiger partial charge on any atom is 0.244 e. The molecule has 0 saturated heterocycles. The number of nitrogens with one attached hydrogen (secondary N) is 1. The Kier molecular flexibility index (Phi) is 5.95. The standard InChI is InChI=1S/C21H26FN3O3S/c1-21(24(2)3,17-8-10-18(22)11-9-17)20(26)23-13-15-29(27,28)25-14-12-16-6-4-5-7-19(16)25/h4-11H,12-15H2,1-3H3,(H,23,26). The maximum absolute atomic E-state index is 13.3. The van der Waals surface area contributed by atoms with E-state index in [0.29, 0.717) is 24.2 Å². The van der Waals surface area contributed by atoms with E-state index < -0.39 is 15.6 Å². The van der Waals surface area contributed by atoms with E-state index in [1.54, 1.807) is 44.1 Å². The summed E-state index contributed by atoms with van der Waals surface area (Å²) >= 11 is 0. The van der Waals surface area contributed by atoms with Crippen molar-refractivity contribution < 1.29 is 17.6 Å². The molecule has 1 aliphatic rings. The third kappa shape index (κ3) is 4.13. The summed E-state index contributed by atoms with van der Waals surface area (Å²) in [6.07, 6.45) is 0.686. The number of para-hydroxylation sites is 1. The first kappa shape index (κ1) is 21.3.